The second-order valence-electron chi connectivity index (χ2n) is 2.81. The highest BCUT2D eigenvalue weighted by Crippen LogP contribution is 2.28. The summed E-state index contributed by atoms with van der Waals surface area (Å²) >= 11 is 0. The van der Waals surface area contributed by atoms with Gasteiger partial charge in [-0.25, -0.2) is 0 Å². The summed E-state index contributed by atoms with van der Waals surface area (Å²) in [4.78, 5) is 0. The SMILES string of the molecule is C=CCc1ccc(O)c(OS(=O)(=O)O)c1. The summed E-state index contributed by atoms with van der Waals surface area (Å²) in [5.74, 6) is -0.669. The maximum absolute atomic E-state index is 10.4. The summed E-state index contributed by atoms with van der Waals surface area (Å²) in [5, 5.41) is 9.24. The highest BCUT2D eigenvalue weighted by atomic mass is 32.3. The van der Waals surface area contributed by atoms with Crippen molar-refractivity contribution in [2.24, 2.45) is 0 Å². The molecule has 0 atom stereocenters. The molecule has 0 heterocycles. The Morgan fingerprint density at radius 1 is 1.47 bits per heavy atom. The molecule has 0 radical (unpaired) electrons. The van der Waals surface area contributed by atoms with Crippen LogP contribution >= 0.6 is 0 Å². The van der Waals surface area contributed by atoms with Gasteiger partial charge in [0.2, 0.25) is 0 Å². The van der Waals surface area contributed by atoms with Crippen molar-refractivity contribution in [2.45, 2.75) is 6.42 Å². The topological polar surface area (TPSA) is 83.8 Å². The minimum absolute atomic E-state index is 0.308. The number of phenolic OH excluding ortho intramolecular Hbond substituents is 1. The Balaban J connectivity index is 3.05. The number of hydrogen-bond acceptors (Lipinski definition) is 4. The number of rotatable bonds is 4. The third-order valence-electron chi connectivity index (χ3n) is 1.60. The minimum atomic E-state index is -4.62. The summed E-state index contributed by atoms with van der Waals surface area (Å²) in [6.07, 6.45) is 2.12. The van der Waals surface area contributed by atoms with Gasteiger partial charge in [-0.3, -0.25) is 4.55 Å². The van der Waals surface area contributed by atoms with Crippen molar-refractivity contribution >= 4 is 10.4 Å². The molecule has 0 aliphatic carbocycles. The van der Waals surface area contributed by atoms with Gasteiger partial charge in [0.15, 0.2) is 11.5 Å². The molecule has 5 nitrogen and oxygen atoms in total. The van der Waals surface area contributed by atoms with Crippen molar-refractivity contribution < 1.29 is 22.3 Å². The molecule has 1 rings (SSSR count). The van der Waals surface area contributed by atoms with Gasteiger partial charge in [0, 0.05) is 0 Å². The Bertz CT molecular complexity index is 463. The number of aromatic hydroxyl groups is 1. The maximum atomic E-state index is 10.4. The Morgan fingerprint density at radius 3 is 2.67 bits per heavy atom. The lowest BCUT2D eigenvalue weighted by molar-refractivity contribution is 0.371. The Labute approximate surface area is 87.6 Å². The normalized spacial score (nSPS) is 11.0. The number of hydrogen-bond donors (Lipinski definition) is 2. The largest absolute Gasteiger partial charge is 0.504 e. The summed E-state index contributed by atoms with van der Waals surface area (Å²) < 4.78 is 33.4. The van der Waals surface area contributed by atoms with Crippen LogP contribution in [0.25, 0.3) is 0 Å². The fourth-order valence-corrected chi connectivity index (χ4v) is 1.39. The van der Waals surface area contributed by atoms with Crippen LogP contribution in [0.4, 0.5) is 0 Å². The van der Waals surface area contributed by atoms with Gasteiger partial charge in [-0.1, -0.05) is 12.1 Å². The molecule has 0 fully saturated rings. The van der Waals surface area contributed by atoms with Gasteiger partial charge < -0.3 is 9.29 Å². The predicted molar refractivity (Wildman–Crippen MR) is 54.2 cm³/mol. The molecule has 15 heavy (non-hydrogen) atoms. The minimum Gasteiger partial charge on any atom is -0.504 e. The fraction of sp³-hybridized carbons (Fsp3) is 0.111. The van der Waals surface area contributed by atoms with E-state index in [1.54, 1.807) is 12.1 Å². The smallest absolute Gasteiger partial charge is 0.446 e. The van der Waals surface area contributed by atoms with Crippen LogP contribution in [-0.2, 0) is 16.8 Å². The Morgan fingerprint density at radius 2 is 2.13 bits per heavy atom. The van der Waals surface area contributed by atoms with E-state index in [0.717, 1.165) is 0 Å². The van der Waals surface area contributed by atoms with E-state index >= 15 is 0 Å². The number of allylic oxidation sites excluding steroid dienone is 1. The van der Waals surface area contributed by atoms with Crippen LogP contribution in [0, 0.1) is 0 Å². The van der Waals surface area contributed by atoms with E-state index in [1.165, 1.54) is 12.1 Å². The molecule has 1 aromatic rings. The average molecular weight is 230 g/mol. The zero-order valence-electron chi connectivity index (χ0n) is 7.75. The quantitative estimate of drug-likeness (QED) is 0.601. The van der Waals surface area contributed by atoms with Crippen LogP contribution in [0.3, 0.4) is 0 Å². The van der Waals surface area contributed by atoms with E-state index in [2.05, 4.69) is 10.8 Å². The first-order valence-corrected chi connectivity index (χ1v) is 5.38. The van der Waals surface area contributed by atoms with Gasteiger partial charge in [-0.15, -0.1) is 6.58 Å². The molecule has 0 aliphatic rings. The highest BCUT2D eigenvalue weighted by molar-refractivity contribution is 7.81. The molecule has 82 valence electrons. The van der Waals surface area contributed by atoms with Crippen LogP contribution in [0.15, 0.2) is 30.9 Å². The summed E-state index contributed by atoms with van der Waals surface area (Å²) in [6, 6.07) is 4.18. The van der Waals surface area contributed by atoms with E-state index in [9.17, 15) is 13.5 Å². The lowest BCUT2D eigenvalue weighted by atomic mass is 10.1. The maximum Gasteiger partial charge on any atom is 0.446 e. The van der Waals surface area contributed by atoms with E-state index in [4.69, 9.17) is 4.55 Å². The summed E-state index contributed by atoms with van der Waals surface area (Å²) in [6.45, 7) is 3.51. The molecule has 0 unspecified atom stereocenters. The molecule has 2 N–H and O–H groups in total. The van der Waals surface area contributed by atoms with Gasteiger partial charge in [-0.05, 0) is 24.1 Å². The molecule has 0 aromatic heterocycles. The third kappa shape index (κ3) is 3.61. The van der Waals surface area contributed by atoms with Gasteiger partial charge in [0.25, 0.3) is 0 Å². The standard InChI is InChI=1S/C9H10O5S/c1-2-3-7-4-5-8(10)9(6-7)14-15(11,12)13/h2,4-6,10H,1,3H2,(H,11,12,13). The lowest BCUT2D eigenvalue weighted by Crippen LogP contribution is -2.06. The van der Waals surface area contributed by atoms with Crippen LogP contribution in [0.2, 0.25) is 0 Å². The van der Waals surface area contributed by atoms with Gasteiger partial charge in [0.05, 0.1) is 0 Å². The van der Waals surface area contributed by atoms with Gasteiger partial charge >= 0.3 is 10.4 Å². The molecular weight excluding hydrogens is 220 g/mol. The number of phenols is 1. The van der Waals surface area contributed by atoms with Crippen molar-refractivity contribution in [3.8, 4) is 11.5 Å². The first-order valence-electron chi connectivity index (χ1n) is 4.02. The van der Waals surface area contributed by atoms with Crippen LogP contribution in [0.1, 0.15) is 5.56 Å². The van der Waals surface area contributed by atoms with Gasteiger partial charge in [-0.2, -0.15) is 8.42 Å². The molecule has 0 saturated heterocycles. The van der Waals surface area contributed by atoms with Gasteiger partial charge in [0.1, 0.15) is 0 Å². The van der Waals surface area contributed by atoms with E-state index in [0.29, 0.717) is 12.0 Å². The fourth-order valence-electron chi connectivity index (χ4n) is 1.03. The van der Waals surface area contributed by atoms with Crippen LogP contribution in [0.5, 0.6) is 11.5 Å². The summed E-state index contributed by atoms with van der Waals surface area (Å²) in [5.41, 5.74) is 0.710. The van der Waals surface area contributed by atoms with Crippen molar-refractivity contribution in [1.82, 2.24) is 0 Å². The predicted octanol–water partition coefficient (Wildman–Crippen LogP) is 1.30. The molecule has 0 saturated carbocycles. The molecule has 0 aliphatic heterocycles. The zero-order valence-corrected chi connectivity index (χ0v) is 8.57. The zero-order chi connectivity index (χ0) is 11.5. The Kier molecular flexibility index (Phi) is 3.33. The molecule has 1 aromatic carbocycles. The molecule has 0 amide bonds. The van der Waals surface area contributed by atoms with E-state index < -0.39 is 10.4 Å². The third-order valence-corrected chi connectivity index (χ3v) is 1.99. The lowest BCUT2D eigenvalue weighted by Gasteiger charge is -2.05. The Hall–Kier alpha value is -1.53. The van der Waals surface area contributed by atoms with Crippen molar-refractivity contribution in [3.63, 3.8) is 0 Å². The second kappa shape index (κ2) is 4.33. The van der Waals surface area contributed by atoms with Crippen LogP contribution in [-0.4, -0.2) is 18.1 Å². The van der Waals surface area contributed by atoms with Crippen molar-refractivity contribution in [1.29, 1.82) is 0 Å². The van der Waals surface area contributed by atoms with E-state index in [1.807, 2.05) is 0 Å². The number of benzene rings is 1. The van der Waals surface area contributed by atoms with Crippen molar-refractivity contribution in [3.05, 3.63) is 36.4 Å². The summed E-state index contributed by atoms with van der Waals surface area (Å²) in [7, 11) is -4.62. The molecular formula is C9H10O5S. The first-order chi connectivity index (χ1) is 6.92. The monoisotopic (exact) mass is 230 g/mol. The second-order valence-corrected chi connectivity index (χ2v) is 3.83. The van der Waals surface area contributed by atoms with Crippen molar-refractivity contribution in [2.75, 3.05) is 0 Å². The molecule has 6 heteroatoms. The molecule has 0 bridgehead atoms. The molecule has 0 spiro atoms. The highest BCUT2D eigenvalue weighted by Gasteiger charge is 2.11. The first kappa shape index (κ1) is 11.5. The van der Waals surface area contributed by atoms with Crippen LogP contribution < -0.4 is 4.18 Å². The average Bonchev–Trinajstić information content (AvgIpc) is 2.09. The van der Waals surface area contributed by atoms with E-state index in [-0.39, 0.29) is 11.5 Å².